The van der Waals surface area contributed by atoms with Gasteiger partial charge in [0, 0.05) is 23.7 Å². The van der Waals surface area contributed by atoms with Crippen molar-refractivity contribution in [3.05, 3.63) is 58.5 Å². The van der Waals surface area contributed by atoms with Crippen LogP contribution in [0.25, 0.3) is 0 Å². The van der Waals surface area contributed by atoms with Crippen molar-refractivity contribution in [2.45, 2.75) is 26.0 Å². The highest BCUT2D eigenvalue weighted by atomic mass is 35.5. The molecule has 2 rings (SSSR count). The SMILES string of the molecule is Cc1occc1CN(C)CCC(O)c1ccccc1Cl. The fourth-order valence-corrected chi connectivity index (χ4v) is 2.45. The van der Waals surface area contributed by atoms with Crippen LogP contribution in [0.4, 0.5) is 0 Å². The second-order valence-corrected chi connectivity index (χ2v) is 5.47. The molecule has 0 saturated carbocycles. The summed E-state index contributed by atoms with van der Waals surface area (Å²) in [5.74, 6) is 0.948. The van der Waals surface area contributed by atoms with E-state index in [0.29, 0.717) is 11.4 Å². The molecule has 0 aliphatic carbocycles. The highest BCUT2D eigenvalue weighted by Crippen LogP contribution is 2.25. The van der Waals surface area contributed by atoms with Crippen molar-refractivity contribution in [3.8, 4) is 0 Å². The minimum atomic E-state index is -0.531. The van der Waals surface area contributed by atoms with Gasteiger partial charge in [-0.15, -0.1) is 0 Å². The van der Waals surface area contributed by atoms with Gasteiger partial charge < -0.3 is 14.4 Å². The summed E-state index contributed by atoms with van der Waals surface area (Å²) >= 11 is 6.08. The van der Waals surface area contributed by atoms with Gasteiger partial charge >= 0.3 is 0 Å². The Morgan fingerprint density at radius 3 is 2.70 bits per heavy atom. The fourth-order valence-electron chi connectivity index (χ4n) is 2.19. The molecule has 3 nitrogen and oxygen atoms in total. The van der Waals surface area contributed by atoms with Crippen molar-refractivity contribution in [1.29, 1.82) is 0 Å². The Bertz CT molecular complexity index is 553. The van der Waals surface area contributed by atoms with Crippen molar-refractivity contribution in [2.24, 2.45) is 0 Å². The topological polar surface area (TPSA) is 36.6 Å². The molecule has 1 heterocycles. The second kappa shape index (κ2) is 6.93. The van der Waals surface area contributed by atoms with Gasteiger partial charge in [0.1, 0.15) is 5.76 Å². The summed E-state index contributed by atoms with van der Waals surface area (Å²) in [6.07, 6.45) is 1.82. The van der Waals surface area contributed by atoms with Gasteiger partial charge in [0.15, 0.2) is 0 Å². The van der Waals surface area contributed by atoms with E-state index < -0.39 is 6.10 Å². The Labute approximate surface area is 124 Å². The fraction of sp³-hybridized carbons (Fsp3) is 0.375. The molecule has 0 aliphatic rings. The summed E-state index contributed by atoms with van der Waals surface area (Å²) in [5.41, 5.74) is 1.97. The normalized spacial score (nSPS) is 12.8. The van der Waals surface area contributed by atoms with Crippen LogP contribution in [0.3, 0.4) is 0 Å². The number of hydrogen-bond donors (Lipinski definition) is 1. The maximum absolute atomic E-state index is 10.2. The number of benzene rings is 1. The number of rotatable bonds is 6. The number of aliphatic hydroxyl groups excluding tert-OH is 1. The second-order valence-electron chi connectivity index (χ2n) is 5.07. The lowest BCUT2D eigenvalue weighted by Crippen LogP contribution is -2.21. The van der Waals surface area contributed by atoms with E-state index in [1.807, 2.05) is 38.2 Å². The maximum Gasteiger partial charge on any atom is 0.105 e. The summed E-state index contributed by atoms with van der Waals surface area (Å²) in [5, 5.41) is 10.8. The van der Waals surface area contributed by atoms with Gasteiger partial charge in [-0.2, -0.15) is 0 Å². The average molecular weight is 294 g/mol. The minimum absolute atomic E-state index is 0.531. The zero-order valence-electron chi connectivity index (χ0n) is 11.8. The Balaban J connectivity index is 1.86. The van der Waals surface area contributed by atoms with E-state index in [2.05, 4.69) is 4.90 Å². The van der Waals surface area contributed by atoms with Gasteiger partial charge in [0.25, 0.3) is 0 Å². The van der Waals surface area contributed by atoms with E-state index in [0.717, 1.165) is 24.4 Å². The molecule has 1 aromatic heterocycles. The Kier molecular flexibility index (Phi) is 5.24. The highest BCUT2D eigenvalue weighted by Gasteiger charge is 2.12. The average Bonchev–Trinajstić information content (AvgIpc) is 2.82. The van der Waals surface area contributed by atoms with Gasteiger partial charge in [0.2, 0.25) is 0 Å². The van der Waals surface area contributed by atoms with E-state index in [-0.39, 0.29) is 0 Å². The van der Waals surface area contributed by atoms with E-state index >= 15 is 0 Å². The minimum Gasteiger partial charge on any atom is -0.469 e. The van der Waals surface area contributed by atoms with Crippen LogP contribution >= 0.6 is 11.6 Å². The maximum atomic E-state index is 10.2. The molecule has 4 heteroatoms. The lowest BCUT2D eigenvalue weighted by Gasteiger charge is -2.19. The molecule has 0 amide bonds. The van der Waals surface area contributed by atoms with Gasteiger partial charge in [-0.3, -0.25) is 0 Å². The quantitative estimate of drug-likeness (QED) is 0.880. The summed E-state index contributed by atoms with van der Waals surface area (Å²) in [6, 6.07) is 9.41. The van der Waals surface area contributed by atoms with Gasteiger partial charge in [-0.25, -0.2) is 0 Å². The van der Waals surface area contributed by atoms with E-state index in [4.69, 9.17) is 16.0 Å². The number of nitrogens with zero attached hydrogens (tertiary/aromatic N) is 1. The molecule has 1 aromatic carbocycles. The molecule has 0 fully saturated rings. The standard InChI is InChI=1S/C16H20ClNO2/c1-12-13(8-10-20-12)11-18(2)9-7-16(19)14-5-3-4-6-15(14)17/h3-6,8,10,16,19H,7,9,11H2,1-2H3. The van der Waals surface area contributed by atoms with Crippen molar-refractivity contribution in [1.82, 2.24) is 4.90 Å². The molecule has 0 aliphatic heterocycles. The third kappa shape index (κ3) is 3.85. The molecule has 1 atom stereocenters. The van der Waals surface area contributed by atoms with Crippen molar-refractivity contribution < 1.29 is 9.52 Å². The molecule has 2 aromatic rings. The first-order valence-electron chi connectivity index (χ1n) is 6.72. The van der Waals surface area contributed by atoms with E-state index in [1.54, 1.807) is 12.3 Å². The van der Waals surface area contributed by atoms with Crippen LogP contribution in [0.15, 0.2) is 41.0 Å². The molecule has 0 bridgehead atoms. The summed E-state index contributed by atoms with van der Waals surface area (Å²) in [6.45, 7) is 3.57. The van der Waals surface area contributed by atoms with Crippen LogP contribution < -0.4 is 0 Å². The molecular weight excluding hydrogens is 274 g/mol. The predicted octanol–water partition coefficient (Wildman–Crippen LogP) is 3.80. The smallest absolute Gasteiger partial charge is 0.105 e. The number of halogens is 1. The number of aryl methyl sites for hydroxylation is 1. The van der Waals surface area contributed by atoms with Gasteiger partial charge in [0.05, 0.1) is 12.4 Å². The molecule has 0 radical (unpaired) electrons. The monoisotopic (exact) mass is 293 g/mol. The number of hydrogen-bond acceptors (Lipinski definition) is 3. The third-order valence-electron chi connectivity index (χ3n) is 3.45. The summed E-state index contributed by atoms with van der Waals surface area (Å²) in [7, 11) is 2.03. The third-order valence-corrected chi connectivity index (χ3v) is 3.80. The number of aliphatic hydroxyl groups is 1. The first kappa shape index (κ1) is 15.1. The van der Waals surface area contributed by atoms with Gasteiger partial charge in [-0.1, -0.05) is 29.8 Å². The molecule has 0 spiro atoms. The lowest BCUT2D eigenvalue weighted by atomic mass is 10.1. The first-order chi connectivity index (χ1) is 9.58. The molecule has 0 saturated heterocycles. The molecule has 1 N–H and O–H groups in total. The van der Waals surface area contributed by atoms with Crippen molar-refractivity contribution in [2.75, 3.05) is 13.6 Å². The first-order valence-corrected chi connectivity index (χ1v) is 7.09. The van der Waals surface area contributed by atoms with Crippen molar-refractivity contribution >= 4 is 11.6 Å². The Hall–Kier alpha value is -1.29. The van der Waals surface area contributed by atoms with Gasteiger partial charge in [-0.05, 0) is 38.1 Å². The van der Waals surface area contributed by atoms with Crippen LogP contribution in [0.5, 0.6) is 0 Å². The Morgan fingerprint density at radius 1 is 1.30 bits per heavy atom. The highest BCUT2D eigenvalue weighted by molar-refractivity contribution is 6.31. The molecular formula is C16H20ClNO2. The van der Waals surface area contributed by atoms with Crippen molar-refractivity contribution in [3.63, 3.8) is 0 Å². The summed E-state index contributed by atoms with van der Waals surface area (Å²) in [4.78, 5) is 2.16. The Morgan fingerprint density at radius 2 is 2.05 bits per heavy atom. The van der Waals surface area contributed by atoms with E-state index in [1.165, 1.54) is 5.56 Å². The van der Waals surface area contributed by atoms with Crippen LogP contribution in [-0.2, 0) is 6.54 Å². The number of furan rings is 1. The van der Waals surface area contributed by atoms with E-state index in [9.17, 15) is 5.11 Å². The van der Waals surface area contributed by atoms with Crippen LogP contribution in [0.1, 0.15) is 29.4 Å². The predicted molar refractivity (Wildman–Crippen MR) is 80.8 cm³/mol. The molecule has 20 heavy (non-hydrogen) atoms. The molecule has 1 unspecified atom stereocenters. The van der Waals surface area contributed by atoms with Crippen LogP contribution in [-0.4, -0.2) is 23.6 Å². The zero-order valence-corrected chi connectivity index (χ0v) is 12.6. The largest absolute Gasteiger partial charge is 0.469 e. The zero-order chi connectivity index (χ0) is 14.5. The molecule has 108 valence electrons. The lowest BCUT2D eigenvalue weighted by molar-refractivity contribution is 0.147. The van der Waals surface area contributed by atoms with Crippen LogP contribution in [0.2, 0.25) is 5.02 Å². The summed E-state index contributed by atoms with van der Waals surface area (Å²) < 4.78 is 5.28. The van der Waals surface area contributed by atoms with Crippen LogP contribution in [0, 0.1) is 6.92 Å².